The molecule has 0 heterocycles. The van der Waals surface area contributed by atoms with Gasteiger partial charge in [-0.25, -0.2) is 0 Å². The molecular formula is C16H26N2O3. The molecule has 1 N–H and O–H groups in total. The van der Waals surface area contributed by atoms with Crippen molar-refractivity contribution in [3.8, 4) is 11.5 Å². The second-order valence-corrected chi connectivity index (χ2v) is 4.78. The average Bonchev–Trinajstić information content (AvgIpc) is 2.52. The average molecular weight is 294 g/mol. The van der Waals surface area contributed by atoms with E-state index in [1.54, 1.807) is 14.2 Å². The van der Waals surface area contributed by atoms with E-state index >= 15 is 0 Å². The maximum atomic E-state index is 12.0. The van der Waals surface area contributed by atoms with Crippen molar-refractivity contribution in [3.05, 3.63) is 23.8 Å². The molecule has 5 heteroatoms. The van der Waals surface area contributed by atoms with E-state index < -0.39 is 0 Å². The molecule has 0 aliphatic rings. The topological polar surface area (TPSA) is 50.8 Å². The summed E-state index contributed by atoms with van der Waals surface area (Å²) in [6.45, 7) is 7.76. The van der Waals surface area contributed by atoms with Gasteiger partial charge in [0.25, 0.3) is 0 Å². The van der Waals surface area contributed by atoms with Crippen LogP contribution in [0.2, 0.25) is 0 Å². The Morgan fingerprint density at radius 2 is 1.90 bits per heavy atom. The zero-order valence-corrected chi connectivity index (χ0v) is 13.6. The Labute approximate surface area is 127 Å². The van der Waals surface area contributed by atoms with Gasteiger partial charge in [0.15, 0.2) is 0 Å². The Morgan fingerprint density at radius 1 is 1.24 bits per heavy atom. The van der Waals surface area contributed by atoms with Crippen LogP contribution in [0.15, 0.2) is 18.2 Å². The molecule has 0 aromatic heterocycles. The summed E-state index contributed by atoms with van der Waals surface area (Å²) in [6, 6.07) is 5.71. The van der Waals surface area contributed by atoms with E-state index in [1.807, 2.05) is 43.9 Å². The molecule has 0 aliphatic heterocycles. The van der Waals surface area contributed by atoms with Gasteiger partial charge in [0.2, 0.25) is 5.91 Å². The summed E-state index contributed by atoms with van der Waals surface area (Å²) < 4.78 is 10.6. The van der Waals surface area contributed by atoms with Gasteiger partial charge < -0.3 is 19.7 Å². The minimum Gasteiger partial charge on any atom is -0.497 e. The Bertz CT molecular complexity index is 459. The van der Waals surface area contributed by atoms with Gasteiger partial charge in [-0.1, -0.05) is 6.07 Å². The van der Waals surface area contributed by atoms with E-state index in [0.717, 1.165) is 30.2 Å². The maximum Gasteiger partial charge on any atom is 0.236 e. The van der Waals surface area contributed by atoms with Crippen molar-refractivity contribution in [1.82, 2.24) is 10.2 Å². The lowest BCUT2D eigenvalue weighted by molar-refractivity contribution is -0.129. The number of likely N-dealkylation sites (N-methyl/N-ethyl adjacent to an activating group) is 1. The fourth-order valence-electron chi connectivity index (χ4n) is 2.21. The number of rotatable bonds is 8. The number of methoxy groups -OCH3 is 2. The first-order valence-electron chi connectivity index (χ1n) is 7.30. The van der Waals surface area contributed by atoms with Crippen molar-refractivity contribution >= 4 is 5.91 Å². The number of hydrogen-bond donors (Lipinski definition) is 1. The van der Waals surface area contributed by atoms with Crippen LogP contribution in [0.25, 0.3) is 0 Å². The van der Waals surface area contributed by atoms with Crippen molar-refractivity contribution in [2.75, 3.05) is 33.9 Å². The van der Waals surface area contributed by atoms with Gasteiger partial charge in [-0.2, -0.15) is 0 Å². The number of carbonyl (C=O) groups is 1. The van der Waals surface area contributed by atoms with Crippen LogP contribution < -0.4 is 14.8 Å². The Kier molecular flexibility index (Phi) is 7.02. The van der Waals surface area contributed by atoms with E-state index in [1.165, 1.54) is 0 Å². The number of ether oxygens (including phenoxy) is 2. The second-order valence-electron chi connectivity index (χ2n) is 4.78. The Morgan fingerprint density at radius 3 is 2.43 bits per heavy atom. The minimum atomic E-state index is 0.0189. The highest BCUT2D eigenvalue weighted by Gasteiger charge is 2.15. The summed E-state index contributed by atoms with van der Waals surface area (Å²) in [5.74, 6) is 1.62. The lowest BCUT2D eigenvalue weighted by Gasteiger charge is -2.22. The largest absolute Gasteiger partial charge is 0.497 e. The second kappa shape index (κ2) is 8.52. The summed E-state index contributed by atoms with van der Waals surface area (Å²) in [5.41, 5.74) is 1.01. The Hall–Kier alpha value is -1.75. The maximum absolute atomic E-state index is 12.0. The van der Waals surface area contributed by atoms with Crippen molar-refractivity contribution in [1.29, 1.82) is 0 Å². The third kappa shape index (κ3) is 4.63. The van der Waals surface area contributed by atoms with Crippen LogP contribution in [0.3, 0.4) is 0 Å². The van der Waals surface area contributed by atoms with E-state index in [0.29, 0.717) is 6.54 Å². The van der Waals surface area contributed by atoms with Crippen LogP contribution in [-0.2, 0) is 4.79 Å². The molecule has 0 radical (unpaired) electrons. The van der Waals surface area contributed by atoms with Gasteiger partial charge in [0.1, 0.15) is 11.5 Å². The normalized spacial score (nSPS) is 11.9. The van der Waals surface area contributed by atoms with Gasteiger partial charge >= 0.3 is 0 Å². The highest BCUT2D eigenvalue weighted by Crippen LogP contribution is 2.29. The summed E-state index contributed by atoms with van der Waals surface area (Å²) in [5, 5.41) is 3.25. The lowest BCUT2D eigenvalue weighted by Crippen LogP contribution is -2.38. The quantitative estimate of drug-likeness (QED) is 0.799. The first-order chi connectivity index (χ1) is 10.1. The van der Waals surface area contributed by atoms with E-state index in [-0.39, 0.29) is 11.9 Å². The highest BCUT2D eigenvalue weighted by molar-refractivity contribution is 5.78. The molecule has 1 amide bonds. The molecule has 1 aromatic rings. The number of amides is 1. The minimum absolute atomic E-state index is 0.0189. The molecule has 1 atom stereocenters. The molecule has 1 unspecified atom stereocenters. The molecule has 5 nitrogen and oxygen atoms in total. The van der Waals surface area contributed by atoms with Crippen LogP contribution in [0.1, 0.15) is 32.4 Å². The molecule has 118 valence electrons. The van der Waals surface area contributed by atoms with E-state index in [9.17, 15) is 4.79 Å². The molecule has 1 rings (SSSR count). The van der Waals surface area contributed by atoms with Gasteiger partial charge in [0.05, 0.1) is 20.8 Å². The zero-order chi connectivity index (χ0) is 15.8. The number of nitrogens with zero attached hydrogens (tertiary/aromatic N) is 1. The smallest absolute Gasteiger partial charge is 0.236 e. The number of nitrogens with one attached hydrogen (secondary N) is 1. The molecule has 0 aliphatic carbocycles. The molecule has 0 bridgehead atoms. The molecule has 1 aromatic carbocycles. The predicted molar refractivity (Wildman–Crippen MR) is 83.9 cm³/mol. The zero-order valence-electron chi connectivity index (χ0n) is 13.6. The lowest BCUT2D eigenvalue weighted by atomic mass is 10.1. The van der Waals surface area contributed by atoms with Crippen LogP contribution in [0.5, 0.6) is 11.5 Å². The van der Waals surface area contributed by atoms with Crippen molar-refractivity contribution in [3.63, 3.8) is 0 Å². The van der Waals surface area contributed by atoms with Crippen LogP contribution in [-0.4, -0.2) is 44.7 Å². The fraction of sp³-hybridized carbons (Fsp3) is 0.562. The standard InChI is InChI=1S/C16H26N2O3/c1-6-18(7-2)16(19)11-17-12(3)14-9-8-13(20-4)10-15(14)21-5/h8-10,12,17H,6-7,11H2,1-5H3. The van der Waals surface area contributed by atoms with E-state index in [2.05, 4.69) is 5.32 Å². The molecule has 0 fully saturated rings. The third-order valence-electron chi connectivity index (χ3n) is 3.58. The first kappa shape index (κ1) is 17.3. The van der Waals surface area contributed by atoms with Gasteiger partial charge in [0, 0.05) is 30.8 Å². The molecule has 0 spiro atoms. The number of hydrogen-bond acceptors (Lipinski definition) is 4. The SMILES string of the molecule is CCN(CC)C(=O)CNC(C)c1ccc(OC)cc1OC. The van der Waals surface area contributed by atoms with E-state index in [4.69, 9.17) is 9.47 Å². The number of carbonyl (C=O) groups excluding carboxylic acids is 1. The molecule has 0 saturated carbocycles. The Balaban J connectivity index is 2.71. The number of benzene rings is 1. The first-order valence-corrected chi connectivity index (χ1v) is 7.30. The monoisotopic (exact) mass is 294 g/mol. The predicted octanol–water partition coefficient (Wildman–Crippen LogP) is 2.22. The van der Waals surface area contributed by atoms with Crippen LogP contribution in [0, 0.1) is 0 Å². The molecule has 0 saturated heterocycles. The van der Waals surface area contributed by atoms with Gasteiger partial charge in [-0.15, -0.1) is 0 Å². The summed E-state index contributed by atoms with van der Waals surface area (Å²) in [4.78, 5) is 13.8. The van der Waals surface area contributed by atoms with Gasteiger partial charge in [-0.3, -0.25) is 4.79 Å². The van der Waals surface area contributed by atoms with Crippen molar-refractivity contribution in [2.45, 2.75) is 26.8 Å². The van der Waals surface area contributed by atoms with Gasteiger partial charge in [-0.05, 0) is 26.8 Å². The fourth-order valence-corrected chi connectivity index (χ4v) is 2.21. The summed E-state index contributed by atoms with van der Waals surface area (Å²) >= 11 is 0. The summed E-state index contributed by atoms with van der Waals surface area (Å²) in [6.07, 6.45) is 0. The molecular weight excluding hydrogens is 268 g/mol. The highest BCUT2D eigenvalue weighted by atomic mass is 16.5. The van der Waals surface area contributed by atoms with Crippen molar-refractivity contribution < 1.29 is 14.3 Å². The van der Waals surface area contributed by atoms with Crippen molar-refractivity contribution in [2.24, 2.45) is 0 Å². The third-order valence-corrected chi connectivity index (χ3v) is 3.58. The molecule has 21 heavy (non-hydrogen) atoms. The van der Waals surface area contributed by atoms with Crippen LogP contribution >= 0.6 is 0 Å². The van der Waals surface area contributed by atoms with Crippen LogP contribution in [0.4, 0.5) is 0 Å². The summed E-state index contributed by atoms with van der Waals surface area (Å²) in [7, 11) is 3.25.